The predicted molar refractivity (Wildman–Crippen MR) is 59.3 cm³/mol. The standard InChI is InChI=1S/C11H24N2O/c1-3-13(7-8-14-2)10-11(9-12)5-4-6-11/h3-10,12H2,1-2H3. The molecule has 1 fully saturated rings. The number of methoxy groups -OCH3 is 1. The molecule has 0 bridgehead atoms. The maximum absolute atomic E-state index is 5.84. The van der Waals surface area contributed by atoms with Crippen LogP contribution in [-0.2, 0) is 4.74 Å². The molecule has 0 aromatic carbocycles. The van der Waals surface area contributed by atoms with E-state index in [1.165, 1.54) is 19.3 Å². The van der Waals surface area contributed by atoms with Crippen LogP contribution < -0.4 is 5.73 Å². The van der Waals surface area contributed by atoms with E-state index in [4.69, 9.17) is 10.5 Å². The van der Waals surface area contributed by atoms with Gasteiger partial charge in [-0.2, -0.15) is 0 Å². The Hall–Kier alpha value is -0.120. The molecule has 0 heterocycles. The summed E-state index contributed by atoms with van der Waals surface area (Å²) in [5, 5.41) is 0. The van der Waals surface area contributed by atoms with Crippen molar-refractivity contribution in [1.29, 1.82) is 0 Å². The van der Waals surface area contributed by atoms with E-state index < -0.39 is 0 Å². The highest BCUT2D eigenvalue weighted by molar-refractivity contribution is 4.91. The number of likely N-dealkylation sites (N-methyl/N-ethyl adjacent to an activating group) is 1. The van der Waals surface area contributed by atoms with E-state index >= 15 is 0 Å². The molecule has 0 saturated heterocycles. The zero-order valence-corrected chi connectivity index (χ0v) is 9.59. The van der Waals surface area contributed by atoms with Gasteiger partial charge in [0.05, 0.1) is 6.61 Å². The van der Waals surface area contributed by atoms with Gasteiger partial charge in [-0.15, -0.1) is 0 Å². The Morgan fingerprint density at radius 1 is 1.43 bits per heavy atom. The molecule has 3 heteroatoms. The molecule has 1 saturated carbocycles. The molecule has 2 N–H and O–H groups in total. The Bertz CT molecular complexity index is 152. The first-order valence-corrected chi connectivity index (χ1v) is 5.68. The number of nitrogens with two attached hydrogens (primary N) is 1. The second-order valence-corrected chi connectivity index (χ2v) is 4.42. The molecule has 0 amide bonds. The number of rotatable bonds is 7. The fourth-order valence-corrected chi connectivity index (χ4v) is 2.15. The first-order chi connectivity index (χ1) is 6.76. The third-order valence-electron chi connectivity index (χ3n) is 3.47. The van der Waals surface area contributed by atoms with E-state index in [2.05, 4.69) is 11.8 Å². The Morgan fingerprint density at radius 2 is 2.14 bits per heavy atom. The summed E-state index contributed by atoms with van der Waals surface area (Å²) in [6.45, 7) is 7.17. The summed E-state index contributed by atoms with van der Waals surface area (Å²) in [5.74, 6) is 0. The van der Waals surface area contributed by atoms with Gasteiger partial charge in [0.25, 0.3) is 0 Å². The lowest BCUT2D eigenvalue weighted by Crippen LogP contribution is -2.47. The summed E-state index contributed by atoms with van der Waals surface area (Å²) >= 11 is 0. The van der Waals surface area contributed by atoms with Gasteiger partial charge in [-0.05, 0) is 31.3 Å². The van der Waals surface area contributed by atoms with Gasteiger partial charge in [0.2, 0.25) is 0 Å². The van der Waals surface area contributed by atoms with Crippen LogP contribution in [0.1, 0.15) is 26.2 Å². The van der Waals surface area contributed by atoms with Crippen LogP contribution >= 0.6 is 0 Å². The van der Waals surface area contributed by atoms with Crippen molar-refractivity contribution in [3.05, 3.63) is 0 Å². The normalized spacial score (nSPS) is 19.7. The first-order valence-electron chi connectivity index (χ1n) is 5.68. The second kappa shape index (κ2) is 5.69. The lowest BCUT2D eigenvalue weighted by atomic mass is 9.68. The van der Waals surface area contributed by atoms with Crippen LogP contribution in [0.2, 0.25) is 0 Å². The molecule has 0 radical (unpaired) electrons. The van der Waals surface area contributed by atoms with Crippen molar-refractivity contribution in [1.82, 2.24) is 4.90 Å². The smallest absolute Gasteiger partial charge is 0.0589 e. The third kappa shape index (κ3) is 2.94. The van der Waals surface area contributed by atoms with Crippen LogP contribution in [0.25, 0.3) is 0 Å². The Kier molecular flexibility index (Phi) is 4.85. The molecule has 0 aromatic heterocycles. The van der Waals surface area contributed by atoms with E-state index in [9.17, 15) is 0 Å². The zero-order valence-electron chi connectivity index (χ0n) is 9.59. The van der Waals surface area contributed by atoms with E-state index in [0.717, 1.165) is 32.8 Å². The van der Waals surface area contributed by atoms with Gasteiger partial charge in [0.15, 0.2) is 0 Å². The predicted octanol–water partition coefficient (Wildman–Crippen LogP) is 1.08. The summed E-state index contributed by atoms with van der Waals surface area (Å²) in [5.41, 5.74) is 6.28. The number of hydrogen-bond acceptors (Lipinski definition) is 3. The van der Waals surface area contributed by atoms with Crippen molar-refractivity contribution in [2.24, 2.45) is 11.1 Å². The Balaban J connectivity index is 2.30. The van der Waals surface area contributed by atoms with Crippen LogP contribution in [0.3, 0.4) is 0 Å². The monoisotopic (exact) mass is 200 g/mol. The average molecular weight is 200 g/mol. The summed E-state index contributed by atoms with van der Waals surface area (Å²) in [6, 6.07) is 0. The van der Waals surface area contributed by atoms with E-state index in [1.54, 1.807) is 7.11 Å². The van der Waals surface area contributed by atoms with Gasteiger partial charge < -0.3 is 15.4 Å². The van der Waals surface area contributed by atoms with E-state index in [1.807, 2.05) is 0 Å². The molecule has 14 heavy (non-hydrogen) atoms. The minimum absolute atomic E-state index is 0.434. The lowest BCUT2D eigenvalue weighted by Gasteiger charge is -2.44. The van der Waals surface area contributed by atoms with Gasteiger partial charge >= 0.3 is 0 Å². The van der Waals surface area contributed by atoms with Crippen molar-refractivity contribution < 1.29 is 4.74 Å². The summed E-state index contributed by atoms with van der Waals surface area (Å²) in [7, 11) is 1.76. The average Bonchev–Trinajstić information content (AvgIpc) is 2.16. The van der Waals surface area contributed by atoms with Crippen LogP contribution in [0.15, 0.2) is 0 Å². The molecule has 0 spiro atoms. The van der Waals surface area contributed by atoms with E-state index in [0.29, 0.717) is 5.41 Å². The Labute approximate surface area is 87.6 Å². The minimum Gasteiger partial charge on any atom is -0.383 e. The molecular weight excluding hydrogens is 176 g/mol. The van der Waals surface area contributed by atoms with Gasteiger partial charge in [-0.1, -0.05) is 13.3 Å². The van der Waals surface area contributed by atoms with Crippen LogP contribution in [0.4, 0.5) is 0 Å². The summed E-state index contributed by atoms with van der Waals surface area (Å²) in [6.07, 6.45) is 3.99. The molecule has 0 aliphatic heterocycles. The van der Waals surface area contributed by atoms with Crippen molar-refractivity contribution in [2.45, 2.75) is 26.2 Å². The van der Waals surface area contributed by atoms with E-state index in [-0.39, 0.29) is 0 Å². The first kappa shape index (κ1) is 12.0. The van der Waals surface area contributed by atoms with Crippen molar-refractivity contribution in [3.63, 3.8) is 0 Å². The quantitative estimate of drug-likeness (QED) is 0.668. The number of ether oxygens (including phenoxy) is 1. The zero-order chi connectivity index (χ0) is 10.4. The molecule has 0 aromatic rings. The summed E-state index contributed by atoms with van der Waals surface area (Å²) < 4.78 is 5.10. The van der Waals surface area contributed by atoms with Gasteiger partial charge in [-0.3, -0.25) is 0 Å². The van der Waals surface area contributed by atoms with Crippen LogP contribution in [-0.4, -0.2) is 44.8 Å². The molecular formula is C11H24N2O. The Morgan fingerprint density at radius 3 is 2.50 bits per heavy atom. The van der Waals surface area contributed by atoms with Crippen LogP contribution in [0.5, 0.6) is 0 Å². The molecule has 0 atom stereocenters. The summed E-state index contributed by atoms with van der Waals surface area (Å²) in [4.78, 5) is 2.45. The lowest BCUT2D eigenvalue weighted by molar-refractivity contribution is 0.0610. The molecule has 1 aliphatic carbocycles. The molecule has 1 aliphatic rings. The maximum Gasteiger partial charge on any atom is 0.0589 e. The highest BCUT2D eigenvalue weighted by Gasteiger charge is 2.36. The number of hydrogen-bond donors (Lipinski definition) is 1. The van der Waals surface area contributed by atoms with Crippen LogP contribution in [0, 0.1) is 5.41 Å². The maximum atomic E-state index is 5.84. The highest BCUT2D eigenvalue weighted by atomic mass is 16.5. The number of nitrogens with zero attached hydrogens (tertiary/aromatic N) is 1. The minimum atomic E-state index is 0.434. The van der Waals surface area contributed by atoms with Crippen molar-refractivity contribution in [3.8, 4) is 0 Å². The van der Waals surface area contributed by atoms with Gasteiger partial charge in [0, 0.05) is 20.2 Å². The van der Waals surface area contributed by atoms with Gasteiger partial charge in [0.1, 0.15) is 0 Å². The largest absolute Gasteiger partial charge is 0.383 e. The van der Waals surface area contributed by atoms with Gasteiger partial charge in [-0.25, -0.2) is 0 Å². The highest BCUT2D eigenvalue weighted by Crippen LogP contribution is 2.40. The molecule has 84 valence electrons. The molecule has 3 nitrogen and oxygen atoms in total. The topological polar surface area (TPSA) is 38.5 Å². The van der Waals surface area contributed by atoms with Crippen molar-refractivity contribution >= 4 is 0 Å². The second-order valence-electron chi connectivity index (χ2n) is 4.42. The fourth-order valence-electron chi connectivity index (χ4n) is 2.15. The van der Waals surface area contributed by atoms with Crippen molar-refractivity contribution in [2.75, 3.05) is 39.9 Å². The SMILES string of the molecule is CCN(CCOC)CC1(CN)CCC1. The fraction of sp³-hybridized carbons (Fsp3) is 1.00. The molecule has 1 rings (SSSR count). The molecule has 0 unspecified atom stereocenters. The third-order valence-corrected chi connectivity index (χ3v) is 3.47.